The molecule has 0 bridgehead atoms. The Kier molecular flexibility index (Phi) is 18.3. The zero-order valence-electron chi connectivity index (χ0n) is 60.4. The summed E-state index contributed by atoms with van der Waals surface area (Å²) >= 11 is 1.84. The number of hydrogen-bond acceptors (Lipinski definition) is 13. The fraction of sp³-hybridized carbons (Fsp3) is 0. The Labute approximate surface area is 655 Å². The Balaban J connectivity index is 0.000000114. The van der Waals surface area contributed by atoms with Crippen LogP contribution in [0.3, 0.4) is 0 Å². The van der Waals surface area contributed by atoms with E-state index in [0.29, 0.717) is 9.79 Å². The molecule has 9 aromatic carbocycles. The topological polar surface area (TPSA) is 163 Å². The molecule has 14 heteroatoms. The van der Waals surface area contributed by atoms with Crippen LogP contribution >= 0.6 is 11.3 Å². The standard InChI is InChI=1S/C33H21N3O2S.C33H21N3O.C33H21N3S/c37-39(38)32-12-5-4-10-26(32)27-18-23(14-16-33(27)39)24-13-15-29(35-21-24)31-20-25(22-8-2-1-3-9-22)19-30(36-31)28-11-6-7-17-34-28;2*1-2-8-22(9-3-1)25-19-30(28-11-6-7-17-34-28)36-31(20-25)29-15-13-24(21-35-29)23-14-16-33-27(18-23)26-10-4-5-12-32(26)37-33/h1-21H;2*1-21H. The van der Waals surface area contributed by atoms with E-state index in [-0.39, 0.29) is 0 Å². The minimum absolute atomic E-state index is 0.348. The van der Waals surface area contributed by atoms with Gasteiger partial charge in [0.25, 0.3) is 0 Å². The van der Waals surface area contributed by atoms with Gasteiger partial charge in [-0.2, -0.15) is 0 Å². The number of thiophene rings is 1. The predicted octanol–water partition coefficient (Wildman–Crippen LogP) is 24.7. The van der Waals surface area contributed by atoms with Crippen molar-refractivity contribution in [3.8, 4) is 146 Å². The lowest BCUT2D eigenvalue weighted by Crippen LogP contribution is -1.96. The fourth-order valence-electron chi connectivity index (χ4n) is 14.5. The number of hydrogen-bond donors (Lipinski definition) is 0. The monoisotopic (exact) mass is 1490 g/mol. The Bertz CT molecular complexity index is 6570. The van der Waals surface area contributed by atoms with Crippen LogP contribution < -0.4 is 0 Å². The van der Waals surface area contributed by atoms with Gasteiger partial charge in [-0.15, -0.1) is 11.3 Å². The first-order chi connectivity index (χ1) is 55.7. The average molecular weight is 1490 g/mol. The van der Waals surface area contributed by atoms with Gasteiger partial charge in [-0.25, -0.2) is 23.4 Å². The molecule has 0 fully saturated rings. The van der Waals surface area contributed by atoms with Gasteiger partial charge in [0, 0.05) is 95.9 Å². The molecule has 113 heavy (non-hydrogen) atoms. The molecule has 1 aliphatic heterocycles. The molecule has 1 aliphatic rings. The molecule has 0 unspecified atom stereocenters. The average Bonchev–Trinajstić information content (AvgIpc) is 1.58. The Hall–Kier alpha value is -14.7. The highest BCUT2D eigenvalue weighted by Crippen LogP contribution is 2.45. The van der Waals surface area contributed by atoms with Crippen molar-refractivity contribution in [1.82, 2.24) is 44.9 Å². The first-order valence-electron chi connectivity index (χ1n) is 36.9. The molecular weight excluding hydrogens is 1430 g/mol. The molecule has 0 atom stereocenters. The van der Waals surface area contributed by atoms with E-state index in [2.05, 4.69) is 167 Å². The maximum atomic E-state index is 13.0. The molecule has 12 heterocycles. The zero-order chi connectivity index (χ0) is 75.6. The zero-order valence-corrected chi connectivity index (χ0v) is 62.1. The third-order valence-electron chi connectivity index (χ3n) is 20.1. The summed E-state index contributed by atoms with van der Waals surface area (Å²) in [7, 11) is -3.49. The molecule has 11 aromatic heterocycles. The second-order valence-electron chi connectivity index (χ2n) is 27.2. The van der Waals surface area contributed by atoms with Crippen molar-refractivity contribution in [1.29, 1.82) is 0 Å². The highest BCUT2D eigenvalue weighted by Gasteiger charge is 2.33. The number of benzene rings is 9. The van der Waals surface area contributed by atoms with Crippen molar-refractivity contribution >= 4 is 63.3 Å². The fourth-order valence-corrected chi connectivity index (χ4v) is 17.2. The van der Waals surface area contributed by atoms with E-state index in [4.69, 9.17) is 34.3 Å². The lowest BCUT2D eigenvalue weighted by atomic mass is 9.99. The van der Waals surface area contributed by atoms with Crippen molar-refractivity contribution in [2.45, 2.75) is 9.79 Å². The second kappa shape index (κ2) is 30.0. The molecule has 0 saturated carbocycles. The first kappa shape index (κ1) is 68.8. The predicted molar refractivity (Wildman–Crippen MR) is 456 cm³/mol. The summed E-state index contributed by atoms with van der Waals surface area (Å²) in [5.74, 6) is 0. The number of nitrogens with zero attached hydrogens (tertiary/aromatic N) is 9. The summed E-state index contributed by atoms with van der Waals surface area (Å²) in [4.78, 5) is 43.5. The van der Waals surface area contributed by atoms with E-state index in [1.807, 2.05) is 206 Å². The van der Waals surface area contributed by atoms with Crippen molar-refractivity contribution in [3.05, 3.63) is 383 Å². The van der Waals surface area contributed by atoms with E-state index in [9.17, 15) is 8.42 Å². The van der Waals surface area contributed by atoms with Crippen LogP contribution in [0.1, 0.15) is 0 Å². The molecule has 0 amide bonds. The molecular formula is C99H63N9O3S2. The number of para-hydroxylation sites is 1. The van der Waals surface area contributed by atoms with Gasteiger partial charge in [-0.1, -0.05) is 200 Å². The number of pyridine rings is 9. The van der Waals surface area contributed by atoms with Crippen LogP contribution in [0.25, 0.3) is 188 Å². The number of fused-ring (bicyclic) bond motifs is 9. The summed E-state index contributed by atoms with van der Waals surface area (Å²) in [5.41, 5.74) is 25.6. The molecule has 12 nitrogen and oxygen atoms in total. The third kappa shape index (κ3) is 14.0. The summed E-state index contributed by atoms with van der Waals surface area (Å²) in [5, 5.41) is 4.82. The van der Waals surface area contributed by atoms with Crippen molar-refractivity contribution in [2.24, 2.45) is 0 Å². The highest BCUT2D eigenvalue weighted by atomic mass is 32.2. The smallest absolute Gasteiger partial charge is 0.207 e. The normalized spacial score (nSPS) is 11.9. The van der Waals surface area contributed by atoms with Gasteiger partial charge >= 0.3 is 0 Å². The molecule has 0 radical (unpaired) electrons. The number of aromatic nitrogens is 9. The van der Waals surface area contributed by atoms with Gasteiger partial charge in [0.2, 0.25) is 9.84 Å². The largest absolute Gasteiger partial charge is 0.456 e. The number of furan rings is 1. The Morgan fingerprint density at radius 2 is 0.584 bits per heavy atom. The minimum atomic E-state index is -3.49. The van der Waals surface area contributed by atoms with E-state index < -0.39 is 9.84 Å². The second-order valence-corrected chi connectivity index (χ2v) is 30.2. The van der Waals surface area contributed by atoms with Crippen molar-refractivity contribution < 1.29 is 12.8 Å². The number of sulfone groups is 1. The minimum Gasteiger partial charge on any atom is -0.456 e. The molecule has 21 rings (SSSR count). The molecule has 0 aliphatic carbocycles. The van der Waals surface area contributed by atoms with Crippen molar-refractivity contribution in [2.75, 3.05) is 0 Å². The van der Waals surface area contributed by atoms with Gasteiger partial charge in [-0.3, -0.25) is 29.9 Å². The summed E-state index contributed by atoms with van der Waals surface area (Å²) in [6.07, 6.45) is 11.0. The molecule has 0 saturated heterocycles. The van der Waals surface area contributed by atoms with Crippen molar-refractivity contribution in [3.63, 3.8) is 0 Å². The molecule has 20 aromatic rings. The maximum absolute atomic E-state index is 13.0. The van der Waals surface area contributed by atoms with E-state index in [1.54, 1.807) is 36.8 Å². The van der Waals surface area contributed by atoms with E-state index >= 15 is 0 Å². The van der Waals surface area contributed by atoms with Gasteiger partial charge in [0.1, 0.15) is 11.2 Å². The highest BCUT2D eigenvalue weighted by molar-refractivity contribution is 7.92. The SMILES string of the molecule is O=S1(=O)c2ccccc2-c2cc(-c3ccc(-c4cc(-c5ccccc5)cc(-c5ccccn5)n4)nc3)ccc21.c1ccc(-c2cc(-c3ccccn3)nc(-c3ccc(-c4ccc5oc6ccccc6c5c4)cn3)c2)cc1.c1ccc(-c2cc(-c3ccccn3)nc(-c3ccc(-c4ccc5sc6ccccc6c5c4)cn3)c2)cc1. The van der Waals surface area contributed by atoms with Crippen LogP contribution in [-0.2, 0) is 9.84 Å². The molecule has 534 valence electrons. The van der Waals surface area contributed by atoms with Gasteiger partial charge in [-0.05, 0) is 196 Å². The van der Waals surface area contributed by atoms with Gasteiger partial charge < -0.3 is 4.42 Å². The van der Waals surface area contributed by atoms with Crippen LogP contribution in [0.2, 0.25) is 0 Å². The first-order valence-corrected chi connectivity index (χ1v) is 39.2. The molecule has 0 spiro atoms. The quantitative estimate of drug-likeness (QED) is 0.114. The van der Waals surface area contributed by atoms with Crippen LogP contribution in [0, 0.1) is 0 Å². The molecule has 0 N–H and O–H groups in total. The van der Waals surface area contributed by atoms with Gasteiger partial charge in [0.05, 0.1) is 78.1 Å². The number of rotatable bonds is 12. The van der Waals surface area contributed by atoms with Crippen LogP contribution in [0.15, 0.2) is 397 Å². The summed E-state index contributed by atoms with van der Waals surface area (Å²) in [6, 6.07) is 115. The van der Waals surface area contributed by atoms with E-state index in [1.165, 1.54) is 20.2 Å². The van der Waals surface area contributed by atoms with Crippen LogP contribution in [0.4, 0.5) is 0 Å². The van der Waals surface area contributed by atoms with Crippen LogP contribution in [0.5, 0.6) is 0 Å². The third-order valence-corrected chi connectivity index (χ3v) is 23.2. The Morgan fingerprint density at radius 3 is 1.05 bits per heavy atom. The lowest BCUT2D eigenvalue weighted by molar-refractivity contribution is 0.598. The Morgan fingerprint density at radius 1 is 0.221 bits per heavy atom. The van der Waals surface area contributed by atoms with Crippen LogP contribution in [-0.4, -0.2) is 53.3 Å². The van der Waals surface area contributed by atoms with E-state index in [0.717, 1.165) is 168 Å². The summed E-state index contributed by atoms with van der Waals surface area (Å²) < 4.78 is 34.5. The summed E-state index contributed by atoms with van der Waals surface area (Å²) in [6.45, 7) is 0. The lowest BCUT2D eigenvalue weighted by Gasteiger charge is -2.10. The maximum Gasteiger partial charge on any atom is 0.207 e. The van der Waals surface area contributed by atoms with Gasteiger partial charge in [0.15, 0.2) is 0 Å².